The van der Waals surface area contributed by atoms with Crippen molar-refractivity contribution < 1.29 is 45.5 Å². The predicted octanol–water partition coefficient (Wildman–Crippen LogP) is 1.79. The van der Waals surface area contributed by atoms with Crippen LogP contribution in [0.5, 0.6) is 0 Å². The maximum Gasteiger partial charge on any atom is 0.468 e. The minimum atomic E-state index is -5.63. The van der Waals surface area contributed by atoms with Gasteiger partial charge in [0.2, 0.25) is 0 Å². The minimum Gasteiger partial charge on any atom is -0.462 e. The molecule has 27 heavy (non-hydrogen) atoms. The van der Waals surface area contributed by atoms with Gasteiger partial charge in [0.1, 0.15) is 13.2 Å². The SMILES string of the molecule is COOS(=O)(=O)C(F)(F)C(=O)OCCOC(=O)C12CC3CC(CC(C3)C1)C2. The molecule has 4 saturated carbocycles. The lowest BCUT2D eigenvalue weighted by Crippen LogP contribution is -2.50. The zero-order chi connectivity index (χ0) is 19.9. The van der Waals surface area contributed by atoms with Crippen LogP contribution >= 0.6 is 0 Å². The number of alkyl halides is 2. The van der Waals surface area contributed by atoms with E-state index in [-0.39, 0.29) is 5.97 Å². The number of hydrogen-bond donors (Lipinski definition) is 0. The van der Waals surface area contributed by atoms with Crippen molar-refractivity contribution >= 4 is 22.1 Å². The molecule has 0 saturated heterocycles. The molecule has 4 fully saturated rings. The van der Waals surface area contributed by atoms with Crippen LogP contribution in [0.4, 0.5) is 8.78 Å². The molecule has 0 radical (unpaired) electrons. The third-order valence-corrected chi connectivity index (χ3v) is 6.84. The number of rotatable bonds is 8. The minimum absolute atomic E-state index is 0.389. The van der Waals surface area contributed by atoms with E-state index in [9.17, 15) is 26.8 Å². The summed E-state index contributed by atoms with van der Waals surface area (Å²) in [5.74, 6) is -1.12. The van der Waals surface area contributed by atoms with Gasteiger partial charge in [-0.1, -0.05) is 0 Å². The average Bonchev–Trinajstić information content (AvgIpc) is 2.56. The number of ether oxygens (including phenoxy) is 2. The maximum absolute atomic E-state index is 13.5. The first kappa shape index (κ1) is 20.4. The molecular formula is C16H22F2O8S. The standard InChI is InChI=1S/C16H22F2O8S/c1-23-26-27(21,22)16(17,18)14(20)25-3-2-24-13(19)15-7-10-4-11(8-15)6-12(5-10)9-15/h10-12H,2-9H2,1H3. The van der Waals surface area contributed by atoms with Crippen LogP contribution in [0.3, 0.4) is 0 Å². The van der Waals surface area contributed by atoms with Gasteiger partial charge in [-0.25, -0.2) is 9.68 Å². The monoisotopic (exact) mass is 412 g/mol. The molecule has 0 amide bonds. The van der Waals surface area contributed by atoms with Crippen LogP contribution in [0.1, 0.15) is 38.5 Å². The summed E-state index contributed by atoms with van der Waals surface area (Å²) in [6.07, 6.45) is 5.79. The molecule has 0 aromatic rings. The summed E-state index contributed by atoms with van der Waals surface area (Å²) in [5.41, 5.74) is -0.516. The Kier molecular flexibility index (Phi) is 5.48. The first-order chi connectivity index (χ1) is 12.6. The largest absolute Gasteiger partial charge is 0.468 e. The van der Waals surface area contributed by atoms with E-state index in [0.29, 0.717) is 24.9 Å². The van der Waals surface area contributed by atoms with Gasteiger partial charge >= 0.3 is 27.3 Å². The third kappa shape index (κ3) is 3.81. The summed E-state index contributed by atoms with van der Waals surface area (Å²) in [7, 11) is -4.93. The average molecular weight is 412 g/mol. The van der Waals surface area contributed by atoms with Crippen molar-refractivity contribution in [3.05, 3.63) is 0 Å². The molecule has 4 aliphatic carbocycles. The molecule has 4 bridgehead atoms. The Morgan fingerprint density at radius 2 is 1.48 bits per heavy atom. The highest BCUT2D eigenvalue weighted by Gasteiger charge is 2.57. The fourth-order valence-corrected chi connectivity index (χ4v) is 5.63. The van der Waals surface area contributed by atoms with Gasteiger partial charge in [0, 0.05) is 0 Å². The number of carbonyl (C=O) groups excluding carboxylic acids is 2. The lowest BCUT2D eigenvalue weighted by Gasteiger charge is -2.55. The van der Waals surface area contributed by atoms with E-state index in [2.05, 4.69) is 14.0 Å². The molecule has 0 unspecified atom stereocenters. The van der Waals surface area contributed by atoms with Crippen molar-refractivity contribution in [1.82, 2.24) is 0 Å². The van der Waals surface area contributed by atoms with Crippen molar-refractivity contribution in [1.29, 1.82) is 0 Å². The van der Waals surface area contributed by atoms with Gasteiger partial charge in [-0.05, 0) is 56.3 Å². The Bertz CT molecular complexity index is 670. The van der Waals surface area contributed by atoms with Gasteiger partial charge in [-0.2, -0.15) is 17.2 Å². The van der Waals surface area contributed by atoms with Crippen molar-refractivity contribution in [2.45, 2.75) is 43.8 Å². The van der Waals surface area contributed by atoms with Crippen LogP contribution in [0.25, 0.3) is 0 Å². The number of halogens is 2. The fraction of sp³-hybridized carbons (Fsp3) is 0.875. The highest BCUT2D eigenvalue weighted by Crippen LogP contribution is 2.60. The normalized spacial score (nSPS) is 32.3. The van der Waals surface area contributed by atoms with Gasteiger partial charge in [-0.15, -0.1) is 4.33 Å². The first-order valence-corrected chi connectivity index (χ1v) is 10.2. The van der Waals surface area contributed by atoms with Crippen molar-refractivity contribution in [3.63, 3.8) is 0 Å². The summed E-state index contributed by atoms with van der Waals surface area (Å²) in [6, 6.07) is 0. The Labute approximate surface area is 155 Å². The number of hydrogen-bond acceptors (Lipinski definition) is 8. The van der Waals surface area contributed by atoms with Crippen molar-refractivity contribution in [3.8, 4) is 0 Å². The first-order valence-electron chi connectivity index (χ1n) is 8.79. The zero-order valence-electron chi connectivity index (χ0n) is 14.8. The van der Waals surface area contributed by atoms with Crippen LogP contribution < -0.4 is 0 Å². The zero-order valence-corrected chi connectivity index (χ0v) is 15.6. The second-order valence-electron chi connectivity index (χ2n) is 7.68. The van der Waals surface area contributed by atoms with Crippen LogP contribution in [0.2, 0.25) is 0 Å². The molecule has 0 aromatic heterocycles. The van der Waals surface area contributed by atoms with E-state index in [1.54, 1.807) is 0 Å². The number of carbonyl (C=O) groups is 2. The fourth-order valence-electron chi connectivity index (χ4n) is 5.10. The van der Waals surface area contributed by atoms with Gasteiger partial charge in [0.25, 0.3) is 0 Å². The quantitative estimate of drug-likeness (QED) is 0.257. The highest BCUT2D eigenvalue weighted by molar-refractivity contribution is 7.88. The smallest absolute Gasteiger partial charge is 0.462 e. The van der Waals surface area contributed by atoms with Crippen LogP contribution in [0, 0.1) is 23.2 Å². The Morgan fingerprint density at radius 1 is 1.00 bits per heavy atom. The summed E-state index contributed by atoms with van der Waals surface area (Å²) >= 11 is 0. The van der Waals surface area contributed by atoms with Crippen molar-refractivity contribution in [2.24, 2.45) is 23.2 Å². The van der Waals surface area contributed by atoms with Gasteiger partial charge < -0.3 is 9.47 Å². The predicted molar refractivity (Wildman–Crippen MR) is 84.5 cm³/mol. The topological polar surface area (TPSA) is 105 Å². The van der Waals surface area contributed by atoms with E-state index >= 15 is 0 Å². The summed E-state index contributed by atoms with van der Waals surface area (Å²) in [5, 5.41) is -4.94. The Balaban J connectivity index is 1.48. The van der Waals surface area contributed by atoms with Crippen LogP contribution in [0.15, 0.2) is 0 Å². The molecule has 4 aliphatic rings. The molecule has 4 rings (SSSR count). The van der Waals surface area contributed by atoms with E-state index in [1.807, 2.05) is 0 Å². The molecule has 0 heterocycles. The summed E-state index contributed by atoms with van der Waals surface area (Å²) in [4.78, 5) is 27.5. The van der Waals surface area contributed by atoms with Gasteiger partial charge in [0.15, 0.2) is 0 Å². The highest BCUT2D eigenvalue weighted by atomic mass is 32.2. The molecule has 0 spiro atoms. The van der Waals surface area contributed by atoms with E-state index < -0.39 is 40.0 Å². The summed E-state index contributed by atoms with van der Waals surface area (Å²) < 4.78 is 62.0. The second kappa shape index (κ2) is 7.25. The third-order valence-electron chi connectivity index (χ3n) is 5.73. The van der Waals surface area contributed by atoms with Crippen molar-refractivity contribution in [2.75, 3.05) is 20.3 Å². The van der Waals surface area contributed by atoms with Gasteiger partial charge in [-0.3, -0.25) is 4.79 Å². The van der Waals surface area contributed by atoms with E-state index in [1.165, 1.54) is 0 Å². The second-order valence-corrected chi connectivity index (χ2v) is 9.23. The molecular weight excluding hydrogens is 390 g/mol. The lowest BCUT2D eigenvalue weighted by atomic mass is 9.49. The molecule has 0 aromatic carbocycles. The van der Waals surface area contributed by atoms with Crippen LogP contribution in [-0.4, -0.2) is 45.9 Å². The molecule has 154 valence electrons. The molecule has 0 aliphatic heterocycles. The Morgan fingerprint density at radius 3 is 1.96 bits per heavy atom. The molecule has 8 nitrogen and oxygen atoms in total. The maximum atomic E-state index is 13.5. The number of esters is 2. The van der Waals surface area contributed by atoms with E-state index in [0.717, 1.165) is 38.5 Å². The lowest BCUT2D eigenvalue weighted by molar-refractivity contribution is -0.189. The van der Waals surface area contributed by atoms with E-state index in [4.69, 9.17) is 4.74 Å². The molecule has 11 heteroatoms. The molecule has 0 atom stereocenters. The van der Waals surface area contributed by atoms with Crippen LogP contribution in [-0.2, 0) is 38.4 Å². The summed E-state index contributed by atoms with van der Waals surface area (Å²) in [6.45, 7) is -1.11. The molecule has 0 N–H and O–H groups in total. The van der Waals surface area contributed by atoms with Gasteiger partial charge in [0.05, 0.1) is 12.5 Å². The Hall–Kier alpha value is -1.33.